The molecule has 0 fully saturated rings. The molecule has 0 saturated heterocycles. The Balaban J connectivity index is 1.58. The van der Waals surface area contributed by atoms with E-state index in [1.807, 2.05) is 48.5 Å². The molecule has 0 radical (unpaired) electrons. The quantitative estimate of drug-likeness (QED) is 0.463. The largest absolute Gasteiger partial charge is 0.368 e. The second kappa shape index (κ2) is 9.29. The molecule has 3 N–H and O–H groups in total. The second-order valence-corrected chi connectivity index (χ2v) is 7.17. The molecule has 2 aromatic carbocycles. The monoisotopic (exact) mass is 398 g/mol. The molecule has 2 heterocycles. The SMILES string of the molecule is N[C@H](CNc1ccc(-c2cccc(F)c2)c(-c2ccncc2)n1)Cc1ccccc1. The van der Waals surface area contributed by atoms with Gasteiger partial charge in [-0.2, -0.15) is 0 Å². The smallest absolute Gasteiger partial charge is 0.126 e. The van der Waals surface area contributed by atoms with Gasteiger partial charge in [0.2, 0.25) is 0 Å². The number of nitrogens with zero attached hydrogens (tertiary/aromatic N) is 2. The molecule has 0 unspecified atom stereocenters. The predicted molar refractivity (Wildman–Crippen MR) is 119 cm³/mol. The summed E-state index contributed by atoms with van der Waals surface area (Å²) >= 11 is 0. The zero-order valence-electron chi connectivity index (χ0n) is 16.5. The number of benzene rings is 2. The van der Waals surface area contributed by atoms with Crippen LogP contribution in [0.3, 0.4) is 0 Å². The highest BCUT2D eigenvalue weighted by molar-refractivity contribution is 5.81. The van der Waals surface area contributed by atoms with Gasteiger partial charge >= 0.3 is 0 Å². The third-order valence-electron chi connectivity index (χ3n) is 4.87. The van der Waals surface area contributed by atoms with E-state index in [0.29, 0.717) is 6.54 Å². The molecular formula is C25H23FN4. The number of rotatable bonds is 7. The van der Waals surface area contributed by atoms with Crippen LogP contribution in [-0.2, 0) is 6.42 Å². The summed E-state index contributed by atoms with van der Waals surface area (Å²) in [5.74, 6) is 0.452. The van der Waals surface area contributed by atoms with Crippen molar-refractivity contribution in [3.05, 3.63) is 103 Å². The molecule has 0 amide bonds. The molecule has 5 heteroatoms. The van der Waals surface area contributed by atoms with Gasteiger partial charge in [-0.25, -0.2) is 9.37 Å². The van der Waals surface area contributed by atoms with Gasteiger partial charge in [0.15, 0.2) is 0 Å². The van der Waals surface area contributed by atoms with Crippen molar-refractivity contribution in [2.75, 3.05) is 11.9 Å². The third kappa shape index (κ3) is 4.88. The lowest BCUT2D eigenvalue weighted by atomic mass is 10.00. The summed E-state index contributed by atoms with van der Waals surface area (Å²) in [4.78, 5) is 8.90. The van der Waals surface area contributed by atoms with Crippen LogP contribution in [0.5, 0.6) is 0 Å². The van der Waals surface area contributed by atoms with E-state index in [2.05, 4.69) is 22.4 Å². The number of halogens is 1. The van der Waals surface area contributed by atoms with Crippen LogP contribution in [-0.4, -0.2) is 22.6 Å². The van der Waals surface area contributed by atoms with E-state index in [1.165, 1.54) is 17.7 Å². The van der Waals surface area contributed by atoms with Crippen LogP contribution in [0.4, 0.5) is 10.2 Å². The van der Waals surface area contributed by atoms with Gasteiger partial charge in [-0.05, 0) is 53.9 Å². The molecule has 150 valence electrons. The first-order valence-electron chi connectivity index (χ1n) is 9.90. The minimum atomic E-state index is -0.276. The van der Waals surface area contributed by atoms with E-state index in [9.17, 15) is 4.39 Å². The van der Waals surface area contributed by atoms with Gasteiger partial charge in [0.05, 0.1) is 5.69 Å². The van der Waals surface area contributed by atoms with Crippen molar-refractivity contribution >= 4 is 5.82 Å². The Hall–Kier alpha value is -3.57. The molecule has 0 saturated carbocycles. The van der Waals surface area contributed by atoms with E-state index in [0.717, 1.165) is 34.6 Å². The van der Waals surface area contributed by atoms with Crippen molar-refractivity contribution in [2.45, 2.75) is 12.5 Å². The van der Waals surface area contributed by atoms with Crippen molar-refractivity contribution in [1.82, 2.24) is 9.97 Å². The minimum Gasteiger partial charge on any atom is -0.368 e. The van der Waals surface area contributed by atoms with Gasteiger partial charge in [-0.1, -0.05) is 42.5 Å². The molecule has 1 atom stereocenters. The van der Waals surface area contributed by atoms with E-state index < -0.39 is 0 Å². The minimum absolute atomic E-state index is 0.0403. The lowest BCUT2D eigenvalue weighted by Crippen LogP contribution is -2.31. The summed E-state index contributed by atoms with van der Waals surface area (Å²) in [6, 6.07) is 24.3. The Kier molecular flexibility index (Phi) is 6.11. The topological polar surface area (TPSA) is 63.8 Å². The molecule has 0 aliphatic carbocycles. The summed E-state index contributed by atoms with van der Waals surface area (Å²) in [5.41, 5.74) is 10.8. The van der Waals surface area contributed by atoms with Crippen LogP contribution in [0.25, 0.3) is 22.4 Å². The zero-order valence-corrected chi connectivity index (χ0v) is 16.5. The molecule has 0 bridgehead atoms. The highest BCUT2D eigenvalue weighted by Gasteiger charge is 2.12. The van der Waals surface area contributed by atoms with Gasteiger partial charge in [-0.15, -0.1) is 0 Å². The summed E-state index contributed by atoms with van der Waals surface area (Å²) in [6.45, 7) is 0.594. The summed E-state index contributed by atoms with van der Waals surface area (Å²) in [5, 5.41) is 3.34. The Bertz CT molecular complexity index is 1100. The number of nitrogens with one attached hydrogen (secondary N) is 1. The highest BCUT2D eigenvalue weighted by Crippen LogP contribution is 2.31. The number of aromatic nitrogens is 2. The van der Waals surface area contributed by atoms with E-state index in [4.69, 9.17) is 10.7 Å². The summed E-state index contributed by atoms with van der Waals surface area (Å²) in [6.07, 6.45) is 4.23. The van der Waals surface area contributed by atoms with E-state index >= 15 is 0 Å². The second-order valence-electron chi connectivity index (χ2n) is 7.17. The van der Waals surface area contributed by atoms with Gasteiger partial charge in [-0.3, -0.25) is 4.98 Å². The standard InChI is InChI=1S/C25H23FN4/c26-21-8-4-7-20(16-21)23-9-10-24(30-25(23)19-11-13-28-14-12-19)29-17-22(27)15-18-5-2-1-3-6-18/h1-14,16,22H,15,17,27H2,(H,29,30)/t22-/m0/s1. The zero-order chi connectivity index (χ0) is 20.8. The van der Waals surface area contributed by atoms with Crippen molar-refractivity contribution in [3.8, 4) is 22.4 Å². The molecule has 4 nitrogen and oxygen atoms in total. The van der Waals surface area contributed by atoms with Crippen LogP contribution in [0.2, 0.25) is 0 Å². The molecule has 4 rings (SSSR count). The molecular weight excluding hydrogens is 375 g/mol. The van der Waals surface area contributed by atoms with Crippen LogP contribution < -0.4 is 11.1 Å². The third-order valence-corrected chi connectivity index (χ3v) is 4.87. The maximum absolute atomic E-state index is 13.8. The van der Waals surface area contributed by atoms with Crippen LogP contribution in [0, 0.1) is 5.82 Å². The maximum Gasteiger partial charge on any atom is 0.126 e. The average molecular weight is 398 g/mol. The van der Waals surface area contributed by atoms with Crippen LogP contribution in [0.1, 0.15) is 5.56 Å². The summed E-state index contributed by atoms with van der Waals surface area (Å²) in [7, 11) is 0. The number of pyridine rings is 2. The molecule has 2 aromatic heterocycles. The Morgan fingerprint density at radius 3 is 2.43 bits per heavy atom. The molecule has 30 heavy (non-hydrogen) atoms. The lowest BCUT2D eigenvalue weighted by molar-refractivity contribution is 0.628. The first-order chi connectivity index (χ1) is 14.7. The Labute approximate surface area is 175 Å². The van der Waals surface area contributed by atoms with Crippen LogP contribution >= 0.6 is 0 Å². The van der Waals surface area contributed by atoms with Gasteiger partial charge in [0.1, 0.15) is 11.6 Å². The normalized spacial score (nSPS) is 11.8. The fraction of sp³-hybridized carbons (Fsp3) is 0.120. The predicted octanol–water partition coefficient (Wildman–Crippen LogP) is 4.93. The fourth-order valence-electron chi connectivity index (χ4n) is 3.40. The summed E-state index contributed by atoms with van der Waals surface area (Å²) < 4.78 is 13.8. The van der Waals surface area contributed by atoms with Gasteiger partial charge in [0.25, 0.3) is 0 Å². The molecule has 4 aromatic rings. The number of nitrogens with two attached hydrogens (primary N) is 1. The van der Waals surface area contributed by atoms with Crippen molar-refractivity contribution < 1.29 is 4.39 Å². The lowest BCUT2D eigenvalue weighted by Gasteiger charge is -2.16. The molecule has 0 aliphatic rings. The maximum atomic E-state index is 13.8. The Morgan fingerprint density at radius 2 is 1.67 bits per heavy atom. The molecule has 0 spiro atoms. The van der Waals surface area contributed by atoms with E-state index in [1.54, 1.807) is 18.5 Å². The Morgan fingerprint density at radius 1 is 0.867 bits per heavy atom. The van der Waals surface area contributed by atoms with Gasteiger partial charge in [0, 0.05) is 36.1 Å². The molecule has 0 aliphatic heterocycles. The van der Waals surface area contributed by atoms with Gasteiger partial charge < -0.3 is 11.1 Å². The van der Waals surface area contributed by atoms with Crippen molar-refractivity contribution in [2.24, 2.45) is 5.73 Å². The fourth-order valence-corrected chi connectivity index (χ4v) is 3.40. The highest BCUT2D eigenvalue weighted by atomic mass is 19.1. The van der Waals surface area contributed by atoms with Crippen LogP contribution in [0.15, 0.2) is 91.3 Å². The number of anilines is 1. The van der Waals surface area contributed by atoms with Crippen molar-refractivity contribution in [1.29, 1.82) is 0 Å². The van der Waals surface area contributed by atoms with Crippen molar-refractivity contribution in [3.63, 3.8) is 0 Å². The average Bonchev–Trinajstić information content (AvgIpc) is 2.79. The first kappa shape index (κ1) is 19.7. The number of hydrogen-bond acceptors (Lipinski definition) is 4. The number of hydrogen-bond donors (Lipinski definition) is 2. The first-order valence-corrected chi connectivity index (χ1v) is 9.90. The van der Waals surface area contributed by atoms with E-state index in [-0.39, 0.29) is 11.9 Å².